The number of hydrogen-bond acceptors (Lipinski definition) is 9. The van der Waals surface area contributed by atoms with Gasteiger partial charge >= 0.3 is 12.2 Å². The summed E-state index contributed by atoms with van der Waals surface area (Å²) in [5.74, 6) is -0.723. The summed E-state index contributed by atoms with van der Waals surface area (Å²) >= 11 is 0. The SMILES string of the molecule is CC(C)(C)OC(=O)N[C@@H](Cc1ccccc1)[C@H](O)CNC[C@@H](O)[C@H](Cc1ccccc1)NC(=O)C(NC(=O)OCc1ccccc1)C(C)(C)O. The molecular formula is C38H52N4O8. The van der Waals surface area contributed by atoms with E-state index in [1.165, 1.54) is 13.8 Å². The van der Waals surface area contributed by atoms with Crippen LogP contribution in [0.5, 0.6) is 0 Å². The minimum atomic E-state index is -1.69. The van der Waals surface area contributed by atoms with Crippen LogP contribution in [0.3, 0.4) is 0 Å². The van der Waals surface area contributed by atoms with Crippen molar-refractivity contribution in [2.75, 3.05) is 13.1 Å². The number of benzene rings is 3. The van der Waals surface area contributed by atoms with Gasteiger partial charge in [-0.25, -0.2) is 9.59 Å². The molecule has 0 heterocycles. The van der Waals surface area contributed by atoms with Gasteiger partial charge in [-0.3, -0.25) is 4.79 Å². The van der Waals surface area contributed by atoms with Crippen molar-refractivity contribution < 1.29 is 39.2 Å². The molecule has 0 aliphatic heterocycles. The first-order chi connectivity index (χ1) is 23.6. The van der Waals surface area contributed by atoms with E-state index in [0.717, 1.165) is 16.7 Å². The number of ether oxygens (including phenoxy) is 2. The van der Waals surface area contributed by atoms with Gasteiger partial charge in [0.2, 0.25) is 5.91 Å². The van der Waals surface area contributed by atoms with Gasteiger partial charge in [0.25, 0.3) is 0 Å². The van der Waals surface area contributed by atoms with E-state index in [9.17, 15) is 29.7 Å². The maximum Gasteiger partial charge on any atom is 0.408 e. The van der Waals surface area contributed by atoms with Crippen LogP contribution in [0.2, 0.25) is 0 Å². The van der Waals surface area contributed by atoms with Crippen molar-refractivity contribution in [2.24, 2.45) is 0 Å². The highest BCUT2D eigenvalue weighted by atomic mass is 16.6. The highest BCUT2D eigenvalue weighted by molar-refractivity contribution is 5.87. The Balaban J connectivity index is 1.68. The predicted octanol–water partition coefficient (Wildman–Crippen LogP) is 3.23. The van der Waals surface area contributed by atoms with Crippen LogP contribution in [0, 0.1) is 0 Å². The third kappa shape index (κ3) is 14.6. The third-order valence-electron chi connectivity index (χ3n) is 7.71. The van der Waals surface area contributed by atoms with Gasteiger partial charge in [0.05, 0.1) is 29.9 Å². The number of nitrogens with one attached hydrogen (secondary N) is 4. The lowest BCUT2D eigenvalue weighted by molar-refractivity contribution is -0.130. The van der Waals surface area contributed by atoms with Gasteiger partial charge < -0.3 is 46.1 Å². The molecule has 3 aromatic carbocycles. The molecule has 12 heteroatoms. The van der Waals surface area contributed by atoms with E-state index >= 15 is 0 Å². The van der Waals surface area contributed by atoms with Crippen LogP contribution in [-0.2, 0) is 33.7 Å². The topological polar surface area (TPSA) is 178 Å². The molecule has 3 amide bonds. The molecule has 0 spiro atoms. The Labute approximate surface area is 294 Å². The van der Waals surface area contributed by atoms with Crippen molar-refractivity contribution in [3.05, 3.63) is 108 Å². The average molecular weight is 693 g/mol. The Morgan fingerprint density at radius 1 is 0.640 bits per heavy atom. The van der Waals surface area contributed by atoms with E-state index in [-0.39, 0.29) is 26.1 Å². The Morgan fingerprint density at radius 2 is 1.08 bits per heavy atom. The number of rotatable bonds is 17. The van der Waals surface area contributed by atoms with Crippen molar-refractivity contribution in [3.63, 3.8) is 0 Å². The summed E-state index contributed by atoms with van der Waals surface area (Å²) in [5, 5.41) is 44.4. The van der Waals surface area contributed by atoms with Gasteiger partial charge in [0.1, 0.15) is 18.2 Å². The lowest BCUT2D eigenvalue weighted by atomic mass is 9.96. The summed E-state index contributed by atoms with van der Waals surface area (Å²) in [4.78, 5) is 38.9. The second kappa shape index (κ2) is 19.0. The number of alkyl carbamates (subject to hydrolysis) is 2. The van der Waals surface area contributed by atoms with Crippen LogP contribution >= 0.6 is 0 Å². The van der Waals surface area contributed by atoms with Crippen molar-refractivity contribution in [3.8, 4) is 0 Å². The maximum absolute atomic E-state index is 13.6. The second-order valence-electron chi connectivity index (χ2n) is 13.8. The molecule has 272 valence electrons. The van der Waals surface area contributed by atoms with Crippen LogP contribution < -0.4 is 21.3 Å². The van der Waals surface area contributed by atoms with Crippen molar-refractivity contribution in [2.45, 2.75) is 95.6 Å². The molecular weight excluding hydrogens is 640 g/mol. The average Bonchev–Trinajstić information content (AvgIpc) is 3.05. The van der Waals surface area contributed by atoms with E-state index in [1.807, 2.05) is 78.9 Å². The van der Waals surface area contributed by atoms with Crippen molar-refractivity contribution in [1.29, 1.82) is 0 Å². The first-order valence-corrected chi connectivity index (χ1v) is 16.7. The zero-order valence-corrected chi connectivity index (χ0v) is 29.5. The standard InChI is InChI=1S/C38H52N4O8/c1-37(2,3)50-36(47)41-30(22-27-17-11-7-12-18-27)32(44)24-39-23-31(43)29(21-26-15-9-6-10-16-26)40-34(45)33(38(4,5)48)42-35(46)49-25-28-19-13-8-14-20-28/h6-20,29-33,39,43-44,48H,21-25H2,1-5H3,(H,40,45)(H,41,47)(H,42,46)/t29-,30-,31+,32+,33?/m0/s1. The number of amides is 3. The Kier molecular flexibility index (Phi) is 15.2. The van der Waals surface area contributed by atoms with E-state index in [0.29, 0.717) is 6.42 Å². The molecule has 12 nitrogen and oxygen atoms in total. The van der Waals surface area contributed by atoms with E-state index < -0.39 is 59.6 Å². The summed E-state index contributed by atoms with van der Waals surface area (Å²) in [6.07, 6.45) is -3.23. The van der Waals surface area contributed by atoms with Gasteiger partial charge in [-0.1, -0.05) is 91.0 Å². The van der Waals surface area contributed by atoms with Crippen LogP contribution in [0.4, 0.5) is 9.59 Å². The summed E-state index contributed by atoms with van der Waals surface area (Å²) in [5.41, 5.74) is 0.0704. The Morgan fingerprint density at radius 3 is 1.52 bits per heavy atom. The quantitative estimate of drug-likeness (QED) is 0.112. The molecule has 0 saturated carbocycles. The van der Waals surface area contributed by atoms with Crippen LogP contribution in [0.1, 0.15) is 51.3 Å². The normalized spacial score (nSPS) is 14.7. The molecule has 0 bridgehead atoms. The van der Waals surface area contributed by atoms with E-state index in [2.05, 4.69) is 21.3 Å². The fraction of sp³-hybridized carbons (Fsp3) is 0.447. The highest BCUT2D eigenvalue weighted by Crippen LogP contribution is 2.14. The summed E-state index contributed by atoms with van der Waals surface area (Å²) < 4.78 is 10.7. The van der Waals surface area contributed by atoms with Gasteiger partial charge in [0, 0.05) is 13.1 Å². The lowest BCUT2D eigenvalue weighted by Crippen LogP contribution is -2.61. The van der Waals surface area contributed by atoms with E-state index in [4.69, 9.17) is 9.47 Å². The third-order valence-corrected chi connectivity index (χ3v) is 7.71. The monoisotopic (exact) mass is 692 g/mol. The molecule has 0 saturated heterocycles. The molecule has 1 unspecified atom stereocenters. The highest BCUT2D eigenvalue weighted by Gasteiger charge is 2.37. The zero-order valence-electron chi connectivity index (χ0n) is 29.5. The first kappa shape index (κ1) is 39.9. The predicted molar refractivity (Wildman–Crippen MR) is 190 cm³/mol. The molecule has 0 aliphatic carbocycles. The molecule has 50 heavy (non-hydrogen) atoms. The molecule has 5 atom stereocenters. The molecule has 0 fully saturated rings. The summed E-state index contributed by atoms with van der Waals surface area (Å²) in [6.45, 7) is 7.95. The fourth-order valence-electron chi connectivity index (χ4n) is 5.14. The van der Waals surface area contributed by atoms with Crippen molar-refractivity contribution >= 4 is 18.1 Å². The summed E-state index contributed by atoms with van der Waals surface area (Å²) in [6, 6.07) is 24.7. The van der Waals surface area contributed by atoms with Gasteiger partial charge in [-0.2, -0.15) is 0 Å². The van der Waals surface area contributed by atoms with Crippen LogP contribution in [0.25, 0.3) is 0 Å². The van der Waals surface area contributed by atoms with Gasteiger partial charge in [-0.15, -0.1) is 0 Å². The molecule has 0 aromatic heterocycles. The van der Waals surface area contributed by atoms with Crippen LogP contribution in [-0.4, -0.2) is 88.0 Å². The number of aliphatic hydroxyl groups excluding tert-OH is 2. The first-order valence-electron chi connectivity index (χ1n) is 16.7. The minimum absolute atomic E-state index is 0.00251. The van der Waals surface area contributed by atoms with E-state index in [1.54, 1.807) is 32.9 Å². The van der Waals surface area contributed by atoms with Gasteiger partial charge in [0.15, 0.2) is 0 Å². The maximum atomic E-state index is 13.6. The largest absolute Gasteiger partial charge is 0.445 e. The Bertz CT molecular complexity index is 1460. The number of hydrogen-bond donors (Lipinski definition) is 7. The summed E-state index contributed by atoms with van der Waals surface area (Å²) in [7, 11) is 0. The van der Waals surface area contributed by atoms with Crippen LogP contribution in [0.15, 0.2) is 91.0 Å². The molecule has 3 aromatic rings. The number of aliphatic hydroxyl groups is 3. The second-order valence-corrected chi connectivity index (χ2v) is 13.8. The van der Waals surface area contributed by atoms with Gasteiger partial charge in [-0.05, 0) is 64.2 Å². The number of carbonyl (C=O) groups excluding carboxylic acids is 3. The smallest absolute Gasteiger partial charge is 0.408 e. The molecule has 0 aliphatic rings. The fourth-order valence-corrected chi connectivity index (χ4v) is 5.14. The molecule has 3 rings (SSSR count). The number of carbonyl (C=O) groups is 3. The Hall–Kier alpha value is -4.49. The minimum Gasteiger partial charge on any atom is -0.445 e. The van der Waals surface area contributed by atoms with Crippen molar-refractivity contribution in [1.82, 2.24) is 21.3 Å². The molecule has 7 N–H and O–H groups in total. The zero-order chi connectivity index (χ0) is 36.7. The lowest BCUT2D eigenvalue weighted by Gasteiger charge is -2.32. The molecule has 0 radical (unpaired) electrons.